The van der Waals surface area contributed by atoms with Gasteiger partial charge in [0, 0.05) is 30.6 Å². The van der Waals surface area contributed by atoms with E-state index in [0.29, 0.717) is 43.0 Å². The summed E-state index contributed by atoms with van der Waals surface area (Å²) >= 11 is 0. The number of nitrogens with one attached hydrogen (secondary N) is 2. The van der Waals surface area contributed by atoms with Gasteiger partial charge < -0.3 is 10.2 Å². The lowest BCUT2D eigenvalue weighted by Gasteiger charge is -2.35. The number of hydrogen-bond acceptors (Lipinski definition) is 4. The van der Waals surface area contributed by atoms with E-state index in [1.54, 1.807) is 4.90 Å². The lowest BCUT2D eigenvalue weighted by Crippen LogP contribution is -2.52. The second-order valence-electron chi connectivity index (χ2n) is 10.6. The molecule has 4 aliphatic rings. The van der Waals surface area contributed by atoms with Gasteiger partial charge in [-0.25, -0.2) is 0 Å². The van der Waals surface area contributed by atoms with E-state index in [-0.39, 0.29) is 17.7 Å². The van der Waals surface area contributed by atoms with Gasteiger partial charge >= 0.3 is 0 Å². The van der Waals surface area contributed by atoms with Gasteiger partial charge in [0.15, 0.2) is 0 Å². The highest BCUT2D eigenvalue weighted by atomic mass is 16.2. The Labute approximate surface area is 196 Å². The quantitative estimate of drug-likeness (QED) is 0.526. The minimum absolute atomic E-state index is 0.0865. The molecule has 0 spiro atoms. The molecule has 1 aromatic rings. The average molecular weight is 452 g/mol. The predicted molar refractivity (Wildman–Crippen MR) is 127 cm³/mol. The summed E-state index contributed by atoms with van der Waals surface area (Å²) in [6.07, 6.45) is 15.0. The Morgan fingerprint density at radius 1 is 0.909 bits per heavy atom. The van der Waals surface area contributed by atoms with Gasteiger partial charge in [-0.1, -0.05) is 50.7 Å². The zero-order chi connectivity index (χ0) is 22.8. The van der Waals surface area contributed by atoms with Crippen molar-refractivity contribution in [2.75, 3.05) is 0 Å². The van der Waals surface area contributed by atoms with Crippen LogP contribution in [0.25, 0.3) is 0 Å². The third kappa shape index (κ3) is 5.01. The number of rotatable bonds is 5. The van der Waals surface area contributed by atoms with E-state index in [1.807, 2.05) is 6.07 Å². The van der Waals surface area contributed by atoms with Crippen LogP contribution >= 0.6 is 0 Å². The van der Waals surface area contributed by atoms with E-state index in [0.717, 1.165) is 12.0 Å². The maximum atomic E-state index is 13.0. The number of piperidine rings is 1. The van der Waals surface area contributed by atoms with Crippen LogP contribution in [0.4, 0.5) is 0 Å². The number of amides is 3. The first-order chi connectivity index (χ1) is 16.1. The molecular weight excluding hydrogens is 414 g/mol. The van der Waals surface area contributed by atoms with Gasteiger partial charge in [0.05, 0.1) is 0 Å². The highest BCUT2D eigenvalue weighted by Gasteiger charge is 2.39. The largest absolute Gasteiger partial charge is 0.322 e. The first-order valence-electron chi connectivity index (χ1n) is 13.1. The SMILES string of the molecule is O=C1CCC(N2Cc3cc(C[C@H]4CCCC[C@@H]4NC4CCCCCC4)ccc3C2=O)C(=O)N1. The summed E-state index contributed by atoms with van der Waals surface area (Å²) < 4.78 is 0. The number of imide groups is 1. The molecule has 1 saturated heterocycles. The molecule has 0 bridgehead atoms. The molecule has 3 atom stereocenters. The molecule has 1 aromatic carbocycles. The molecule has 5 rings (SSSR count). The summed E-state index contributed by atoms with van der Waals surface area (Å²) in [5.41, 5.74) is 3.03. The van der Waals surface area contributed by atoms with Crippen LogP contribution in [-0.4, -0.2) is 40.7 Å². The topological polar surface area (TPSA) is 78.5 Å². The van der Waals surface area contributed by atoms with Crippen LogP contribution in [0.2, 0.25) is 0 Å². The molecule has 2 heterocycles. The van der Waals surface area contributed by atoms with E-state index in [4.69, 9.17) is 0 Å². The average Bonchev–Trinajstić information content (AvgIpc) is 2.96. The molecule has 3 fully saturated rings. The fourth-order valence-electron chi connectivity index (χ4n) is 6.48. The van der Waals surface area contributed by atoms with Crippen molar-refractivity contribution in [2.45, 2.75) is 108 Å². The van der Waals surface area contributed by atoms with Gasteiger partial charge in [0.1, 0.15) is 6.04 Å². The third-order valence-corrected chi connectivity index (χ3v) is 8.30. The molecule has 3 amide bonds. The zero-order valence-corrected chi connectivity index (χ0v) is 19.6. The van der Waals surface area contributed by atoms with E-state index in [1.165, 1.54) is 69.8 Å². The standard InChI is InChI=1S/C27H37N3O3/c31-25-14-13-24(26(32)29-25)30-17-20-16-18(11-12-22(20)27(30)33)15-19-7-5-6-10-23(19)28-21-8-3-1-2-4-9-21/h11-12,16,19,21,23-24,28H,1-10,13-15,17H2,(H,29,31,32)/t19-,23+,24?/m1/s1. The number of benzene rings is 1. The summed E-state index contributed by atoms with van der Waals surface area (Å²) in [7, 11) is 0. The molecule has 1 unspecified atom stereocenters. The Balaban J connectivity index is 1.25. The lowest BCUT2D eigenvalue weighted by molar-refractivity contribution is -0.136. The van der Waals surface area contributed by atoms with Crippen LogP contribution in [0.15, 0.2) is 18.2 Å². The zero-order valence-electron chi connectivity index (χ0n) is 19.6. The summed E-state index contributed by atoms with van der Waals surface area (Å²) in [6, 6.07) is 6.99. The molecule has 6 nitrogen and oxygen atoms in total. The molecule has 0 radical (unpaired) electrons. The van der Waals surface area contributed by atoms with E-state index in [9.17, 15) is 14.4 Å². The monoisotopic (exact) mass is 451 g/mol. The fraction of sp³-hybridized carbons (Fsp3) is 0.667. The molecule has 2 aliphatic heterocycles. The van der Waals surface area contributed by atoms with Crippen LogP contribution in [0.3, 0.4) is 0 Å². The van der Waals surface area contributed by atoms with Crippen molar-refractivity contribution in [1.82, 2.24) is 15.5 Å². The van der Waals surface area contributed by atoms with Crippen molar-refractivity contribution in [1.29, 1.82) is 0 Å². The van der Waals surface area contributed by atoms with Gasteiger partial charge in [-0.15, -0.1) is 0 Å². The Morgan fingerprint density at radius 3 is 2.45 bits per heavy atom. The normalized spacial score (nSPS) is 29.0. The van der Waals surface area contributed by atoms with Crippen LogP contribution in [0.1, 0.15) is 98.5 Å². The van der Waals surface area contributed by atoms with Gasteiger partial charge in [0.2, 0.25) is 11.8 Å². The van der Waals surface area contributed by atoms with Crippen LogP contribution in [0, 0.1) is 5.92 Å². The van der Waals surface area contributed by atoms with Gasteiger partial charge in [-0.2, -0.15) is 0 Å². The molecule has 6 heteroatoms. The van der Waals surface area contributed by atoms with Crippen molar-refractivity contribution in [3.05, 3.63) is 34.9 Å². The molecule has 33 heavy (non-hydrogen) atoms. The first kappa shape index (κ1) is 22.6. The van der Waals surface area contributed by atoms with Gasteiger partial charge in [-0.3, -0.25) is 19.7 Å². The molecule has 2 N–H and O–H groups in total. The number of fused-ring (bicyclic) bond motifs is 1. The number of hydrogen-bond donors (Lipinski definition) is 2. The Bertz CT molecular complexity index is 906. The predicted octanol–water partition coefficient (Wildman–Crippen LogP) is 3.86. The Morgan fingerprint density at radius 2 is 1.67 bits per heavy atom. The molecule has 178 valence electrons. The van der Waals surface area contributed by atoms with Crippen LogP contribution in [0.5, 0.6) is 0 Å². The number of carbonyl (C=O) groups is 3. The fourth-order valence-corrected chi connectivity index (χ4v) is 6.48. The summed E-state index contributed by atoms with van der Waals surface area (Å²) in [4.78, 5) is 38.4. The van der Waals surface area contributed by atoms with Crippen molar-refractivity contribution in [3.8, 4) is 0 Å². The van der Waals surface area contributed by atoms with Crippen LogP contribution < -0.4 is 10.6 Å². The van der Waals surface area contributed by atoms with E-state index in [2.05, 4.69) is 22.8 Å². The maximum Gasteiger partial charge on any atom is 0.255 e. The smallest absolute Gasteiger partial charge is 0.255 e. The maximum absolute atomic E-state index is 13.0. The van der Waals surface area contributed by atoms with E-state index >= 15 is 0 Å². The van der Waals surface area contributed by atoms with Crippen molar-refractivity contribution >= 4 is 17.7 Å². The van der Waals surface area contributed by atoms with E-state index < -0.39 is 6.04 Å². The third-order valence-electron chi connectivity index (χ3n) is 8.30. The second kappa shape index (κ2) is 9.96. The first-order valence-corrected chi connectivity index (χ1v) is 13.1. The molecule has 2 aliphatic carbocycles. The second-order valence-corrected chi connectivity index (χ2v) is 10.6. The van der Waals surface area contributed by atoms with Gasteiger partial charge in [0.25, 0.3) is 5.91 Å². The molecular formula is C27H37N3O3. The van der Waals surface area contributed by atoms with Crippen molar-refractivity contribution in [2.24, 2.45) is 5.92 Å². The van der Waals surface area contributed by atoms with Crippen molar-refractivity contribution < 1.29 is 14.4 Å². The lowest BCUT2D eigenvalue weighted by atomic mass is 9.80. The number of carbonyl (C=O) groups excluding carboxylic acids is 3. The minimum Gasteiger partial charge on any atom is -0.322 e. The summed E-state index contributed by atoms with van der Waals surface area (Å²) in [5.74, 6) is -0.0375. The summed E-state index contributed by atoms with van der Waals surface area (Å²) in [5, 5.41) is 6.43. The highest BCUT2D eigenvalue weighted by Crippen LogP contribution is 2.32. The number of nitrogens with zero attached hydrogens (tertiary/aromatic N) is 1. The van der Waals surface area contributed by atoms with Crippen molar-refractivity contribution in [3.63, 3.8) is 0 Å². The van der Waals surface area contributed by atoms with Gasteiger partial charge in [-0.05, 0) is 61.6 Å². The highest BCUT2D eigenvalue weighted by molar-refractivity contribution is 6.05. The molecule has 0 aromatic heterocycles. The Kier molecular flexibility index (Phi) is 6.81. The molecule has 2 saturated carbocycles. The minimum atomic E-state index is -0.544. The van der Waals surface area contributed by atoms with Crippen LogP contribution in [-0.2, 0) is 22.6 Å². The Hall–Kier alpha value is -2.21. The summed E-state index contributed by atoms with van der Waals surface area (Å²) in [6.45, 7) is 0.461.